The van der Waals surface area contributed by atoms with Crippen molar-refractivity contribution in [2.75, 3.05) is 0 Å². The molecule has 4 rings (SSSR count). The van der Waals surface area contributed by atoms with Gasteiger partial charge in [-0.3, -0.25) is 4.79 Å². The summed E-state index contributed by atoms with van der Waals surface area (Å²) in [5.41, 5.74) is 1.66. The smallest absolute Gasteiger partial charge is 0.251 e. The molecule has 0 fully saturated rings. The van der Waals surface area contributed by atoms with Gasteiger partial charge in [0.25, 0.3) is 5.91 Å². The van der Waals surface area contributed by atoms with E-state index in [0.29, 0.717) is 11.5 Å². The molecule has 3 heterocycles. The van der Waals surface area contributed by atoms with E-state index in [9.17, 15) is 4.79 Å². The summed E-state index contributed by atoms with van der Waals surface area (Å²) < 4.78 is 4.16. The van der Waals surface area contributed by atoms with Crippen molar-refractivity contribution in [3.8, 4) is 5.69 Å². The molecule has 0 saturated heterocycles. The van der Waals surface area contributed by atoms with Crippen LogP contribution in [0.3, 0.4) is 0 Å². The molecule has 26 heavy (non-hydrogen) atoms. The fourth-order valence-electron chi connectivity index (χ4n) is 3.48. The summed E-state index contributed by atoms with van der Waals surface area (Å²) >= 11 is 0. The first kappa shape index (κ1) is 16.6. The lowest BCUT2D eigenvalue weighted by Crippen LogP contribution is -2.41. The molecular weight excluding hydrogens is 326 g/mol. The van der Waals surface area contributed by atoms with Crippen LogP contribution in [0, 0.1) is 0 Å². The molecular formula is C20H23N5O. The fourth-order valence-corrected chi connectivity index (χ4v) is 3.48. The number of amides is 1. The van der Waals surface area contributed by atoms with Crippen LogP contribution in [0.25, 0.3) is 5.69 Å². The van der Waals surface area contributed by atoms with Gasteiger partial charge in [0.15, 0.2) is 0 Å². The van der Waals surface area contributed by atoms with Gasteiger partial charge in [-0.25, -0.2) is 0 Å². The van der Waals surface area contributed by atoms with Crippen LogP contribution in [0.4, 0.5) is 0 Å². The number of benzene rings is 1. The van der Waals surface area contributed by atoms with E-state index in [0.717, 1.165) is 36.7 Å². The van der Waals surface area contributed by atoms with Gasteiger partial charge in [0.2, 0.25) is 0 Å². The van der Waals surface area contributed by atoms with Crippen LogP contribution in [0.2, 0.25) is 0 Å². The molecule has 1 aromatic carbocycles. The van der Waals surface area contributed by atoms with Gasteiger partial charge in [0.05, 0.1) is 0 Å². The number of carbonyl (C=O) groups is 1. The molecule has 1 atom stereocenters. The molecule has 0 spiro atoms. The van der Waals surface area contributed by atoms with E-state index in [2.05, 4.69) is 33.9 Å². The number of nitrogens with zero attached hydrogens (tertiary/aromatic N) is 4. The minimum absolute atomic E-state index is 0.0355. The summed E-state index contributed by atoms with van der Waals surface area (Å²) in [5, 5.41) is 11.8. The van der Waals surface area contributed by atoms with Crippen molar-refractivity contribution in [1.82, 2.24) is 24.6 Å². The zero-order valence-corrected chi connectivity index (χ0v) is 15.1. The predicted octanol–water partition coefficient (Wildman–Crippen LogP) is 2.94. The summed E-state index contributed by atoms with van der Waals surface area (Å²) in [6, 6.07) is 11.7. The number of hydrogen-bond donors (Lipinski definition) is 1. The maximum Gasteiger partial charge on any atom is 0.251 e. The van der Waals surface area contributed by atoms with Crippen LogP contribution < -0.4 is 5.32 Å². The Bertz CT molecular complexity index is 910. The van der Waals surface area contributed by atoms with Crippen molar-refractivity contribution >= 4 is 5.91 Å². The highest BCUT2D eigenvalue weighted by Gasteiger charge is 2.25. The molecule has 2 aromatic heterocycles. The Hall–Kier alpha value is -2.89. The van der Waals surface area contributed by atoms with E-state index in [4.69, 9.17) is 0 Å². The average Bonchev–Trinajstić information content (AvgIpc) is 3.31. The second-order valence-corrected chi connectivity index (χ2v) is 7.09. The molecule has 0 radical (unpaired) electrons. The number of carbonyl (C=O) groups excluding carboxylic acids is 1. The van der Waals surface area contributed by atoms with Crippen LogP contribution in [0.5, 0.6) is 0 Å². The molecule has 1 aliphatic rings. The topological polar surface area (TPSA) is 64.7 Å². The monoisotopic (exact) mass is 349 g/mol. The predicted molar refractivity (Wildman–Crippen MR) is 99.5 cm³/mol. The van der Waals surface area contributed by atoms with Crippen molar-refractivity contribution in [2.24, 2.45) is 0 Å². The van der Waals surface area contributed by atoms with Gasteiger partial charge in [-0.2, -0.15) is 0 Å². The van der Waals surface area contributed by atoms with E-state index < -0.39 is 0 Å². The number of hydrogen-bond acceptors (Lipinski definition) is 3. The third kappa shape index (κ3) is 3.14. The van der Waals surface area contributed by atoms with E-state index in [1.54, 1.807) is 0 Å². The Morgan fingerprint density at radius 1 is 1.19 bits per heavy atom. The number of rotatable bonds is 4. The van der Waals surface area contributed by atoms with Gasteiger partial charge in [0, 0.05) is 48.6 Å². The Morgan fingerprint density at radius 3 is 2.77 bits per heavy atom. The fraction of sp³-hybridized carbons (Fsp3) is 0.350. The van der Waals surface area contributed by atoms with Gasteiger partial charge in [0.1, 0.15) is 11.6 Å². The van der Waals surface area contributed by atoms with Gasteiger partial charge in [-0.05, 0) is 36.8 Å². The van der Waals surface area contributed by atoms with Crippen LogP contribution in [0.1, 0.15) is 48.2 Å². The van der Waals surface area contributed by atoms with Gasteiger partial charge in [-0.15, -0.1) is 10.2 Å². The molecule has 134 valence electrons. The van der Waals surface area contributed by atoms with Crippen molar-refractivity contribution < 1.29 is 4.79 Å². The lowest BCUT2D eigenvalue weighted by molar-refractivity contribution is 0.0927. The lowest BCUT2D eigenvalue weighted by atomic mass is 10.1. The SMILES string of the molecule is CC(C)c1nnc2n1C[C@H](NC(=O)c1cccc(-n3cccc3)c1)CC2. The highest BCUT2D eigenvalue weighted by molar-refractivity contribution is 5.94. The summed E-state index contributed by atoms with van der Waals surface area (Å²) in [4.78, 5) is 12.7. The molecule has 3 aromatic rings. The molecule has 1 N–H and O–H groups in total. The molecule has 0 saturated carbocycles. The quantitative estimate of drug-likeness (QED) is 0.788. The van der Waals surface area contributed by atoms with Crippen molar-refractivity contribution in [3.63, 3.8) is 0 Å². The second-order valence-electron chi connectivity index (χ2n) is 7.09. The second kappa shape index (κ2) is 6.78. The van der Waals surface area contributed by atoms with Gasteiger partial charge < -0.3 is 14.5 Å². The molecule has 1 aliphatic heterocycles. The summed E-state index contributed by atoms with van der Waals surface area (Å²) in [6.07, 6.45) is 5.67. The number of aromatic nitrogens is 4. The largest absolute Gasteiger partial charge is 0.347 e. The highest BCUT2D eigenvalue weighted by atomic mass is 16.1. The number of fused-ring (bicyclic) bond motifs is 1. The summed E-state index contributed by atoms with van der Waals surface area (Å²) in [6.45, 7) is 4.97. The van der Waals surface area contributed by atoms with Crippen LogP contribution in [-0.4, -0.2) is 31.3 Å². The molecule has 6 heteroatoms. The zero-order chi connectivity index (χ0) is 18.1. The number of aryl methyl sites for hydroxylation is 1. The van der Waals surface area contributed by atoms with E-state index in [1.165, 1.54) is 0 Å². The van der Waals surface area contributed by atoms with Crippen molar-refractivity contribution in [2.45, 2.75) is 45.2 Å². The van der Waals surface area contributed by atoms with E-state index in [-0.39, 0.29) is 11.9 Å². The van der Waals surface area contributed by atoms with Crippen molar-refractivity contribution in [1.29, 1.82) is 0 Å². The zero-order valence-electron chi connectivity index (χ0n) is 15.1. The Kier molecular flexibility index (Phi) is 4.32. The minimum atomic E-state index is -0.0355. The van der Waals surface area contributed by atoms with E-state index in [1.807, 2.05) is 53.4 Å². The first-order valence-electron chi connectivity index (χ1n) is 9.08. The maximum atomic E-state index is 12.7. The highest BCUT2D eigenvalue weighted by Crippen LogP contribution is 2.20. The minimum Gasteiger partial charge on any atom is -0.347 e. The first-order valence-corrected chi connectivity index (χ1v) is 9.08. The Morgan fingerprint density at radius 2 is 2.00 bits per heavy atom. The molecule has 1 amide bonds. The third-order valence-electron chi connectivity index (χ3n) is 4.84. The third-order valence-corrected chi connectivity index (χ3v) is 4.84. The van der Waals surface area contributed by atoms with Crippen LogP contribution in [0.15, 0.2) is 48.8 Å². The van der Waals surface area contributed by atoms with Crippen molar-refractivity contribution in [3.05, 3.63) is 66.0 Å². The Labute approximate surface area is 152 Å². The van der Waals surface area contributed by atoms with Gasteiger partial charge >= 0.3 is 0 Å². The van der Waals surface area contributed by atoms with E-state index >= 15 is 0 Å². The molecule has 0 bridgehead atoms. The Balaban J connectivity index is 1.49. The standard InChI is InChI=1S/C20H23N5O/c1-14(2)19-23-22-18-9-8-16(13-25(18)19)21-20(26)15-6-5-7-17(12-15)24-10-3-4-11-24/h3-7,10-12,14,16H,8-9,13H2,1-2H3,(H,21,26)/t16-/m1/s1. The maximum absolute atomic E-state index is 12.7. The molecule has 6 nitrogen and oxygen atoms in total. The summed E-state index contributed by atoms with van der Waals surface area (Å²) in [7, 11) is 0. The lowest BCUT2D eigenvalue weighted by Gasteiger charge is -2.26. The first-order chi connectivity index (χ1) is 12.6. The average molecular weight is 349 g/mol. The summed E-state index contributed by atoms with van der Waals surface area (Å²) in [5.74, 6) is 2.30. The molecule has 0 aliphatic carbocycles. The van der Waals surface area contributed by atoms with Crippen LogP contribution in [-0.2, 0) is 13.0 Å². The molecule has 0 unspecified atom stereocenters. The normalized spacial score (nSPS) is 16.5. The van der Waals surface area contributed by atoms with Crippen LogP contribution >= 0.6 is 0 Å². The van der Waals surface area contributed by atoms with Gasteiger partial charge in [-0.1, -0.05) is 19.9 Å². The number of nitrogens with one attached hydrogen (secondary N) is 1.